The summed E-state index contributed by atoms with van der Waals surface area (Å²) in [4.78, 5) is 22.0. The molecule has 0 radical (unpaired) electrons. The molecule has 0 spiro atoms. The third kappa shape index (κ3) is 1.66. The summed E-state index contributed by atoms with van der Waals surface area (Å²) >= 11 is 0. The molecule has 5 aromatic rings. The minimum atomic E-state index is -0.0607. The molecule has 0 atom stereocenters. The van der Waals surface area contributed by atoms with Crippen LogP contribution >= 0.6 is 0 Å². The molecular weight excluding hydrogens is 300 g/mol. The highest BCUT2D eigenvalue weighted by Crippen LogP contribution is 2.23. The third-order valence-electron chi connectivity index (χ3n) is 4.23. The van der Waals surface area contributed by atoms with Crippen LogP contribution in [-0.2, 0) is 0 Å². The van der Waals surface area contributed by atoms with Gasteiger partial charge in [0.25, 0.3) is 5.56 Å². The average Bonchev–Trinajstić information content (AvgIpc) is 2.97. The molecule has 0 amide bonds. The number of rotatable bonds is 1. The molecule has 0 saturated heterocycles. The van der Waals surface area contributed by atoms with Crippen molar-refractivity contribution in [1.82, 2.24) is 18.9 Å². The lowest BCUT2D eigenvalue weighted by Gasteiger charge is -2.05. The fourth-order valence-corrected chi connectivity index (χ4v) is 3.18. The van der Waals surface area contributed by atoms with Crippen molar-refractivity contribution < 1.29 is 0 Å². The Morgan fingerprint density at radius 1 is 0.833 bits per heavy atom. The van der Waals surface area contributed by atoms with Crippen molar-refractivity contribution >= 4 is 27.7 Å². The van der Waals surface area contributed by atoms with E-state index in [9.17, 15) is 4.79 Å². The van der Waals surface area contributed by atoms with Gasteiger partial charge in [-0.15, -0.1) is 0 Å². The Hall–Kier alpha value is -3.47. The lowest BCUT2D eigenvalue weighted by Crippen LogP contribution is -2.15. The predicted molar refractivity (Wildman–Crippen MR) is 93.6 cm³/mol. The van der Waals surface area contributed by atoms with Crippen molar-refractivity contribution in [2.75, 3.05) is 0 Å². The normalized spacial score (nSPS) is 11.5. The maximum absolute atomic E-state index is 13.0. The highest BCUT2D eigenvalue weighted by molar-refractivity contribution is 5.87. The second-order valence-electron chi connectivity index (χ2n) is 5.60. The number of benzene rings is 2. The van der Waals surface area contributed by atoms with Crippen LogP contribution in [0.25, 0.3) is 33.4 Å². The second-order valence-corrected chi connectivity index (χ2v) is 5.60. The number of hydrogen-bond donors (Lipinski definition) is 0. The number of para-hydroxylation sites is 3. The van der Waals surface area contributed by atoms with Gasteiger partial charge in [0.2, 0.25) is 5.78 Å². The Morgan fingerprint density at radius 3 is 2.46 bits per heavy atom. The molecule has 0 aliphatic heterocycles. The zero-order valence-electron chi connectivity index (χ0n) is 12.6. The van der Waals surface area contributed by atoms with E-state index in [1.807, 2.05) is 65.2 Å². The van der Waals surface area contributed by atoms with E-state index in [1.54, 1.807) is 16.8 Å². The van der Waals surface area contributed by atoms with E-state index in [0.717, 1.165) is 16.7 Å². The first-order valence-electron chi connectivity index (χ1n) is 7.66. The Kier molecular flexibility index (Phi) is 2.58. The Bertz CT molecular complexity index is 1270. The van der Waals surface area contributed by atoms with Gasteiger partial charge in [-0.2, -0.15) is 0 Å². The average molecular weight is 312 g/mol. The van der Waals surface area contributed by atoms with Crippen LogP contribution in [0.5, 0.6) is 0 Å². The van der Waals surface area contributed by atoms with Crippen LogP contribution in [0.15, 0.2) is 77.9 Å². The molecule has 3 heterocycles. The molecule has 114 valence electrons. The zero-order chi connectivity index (χ0) is 16.1. The van der Waals surface area contributed by atoms with E-state index in [4.69, 9.17) is 4.98 Å². The zero-order valence-corrected chi connectivity index (χ0v) is 12.6. The maximum Gasteiger partial charge on any atom is 0.267 e. The highest BCUT2D eigenvalue weighted by Gasteiger charge is 2.16. The fraction of sp³-hybridized carbons (Fsp3) is 0. The van der Waals surface area contributed by atoms with Crippen molar-refractivity contribution in [1.29, 1.82) is 0 Å². The predicted octanol–water partition coefficient (Wildman–Crippen LogP) is 3.19. The van der Waals surface area contributed by atoms with Crippen molar-refractivity contribution in [2.24, 2.45) is 0 Å². The number of fused-ring (bicyclic) bond motifs is 4. The monoisotopic (exact) mass is 312 g/mol. The van der Waals surface area contributed by atoms with E-state index in [0.29, 0.717) is 16.7 Å². The van der Waals surface area contributed by atoms with E-state index >= 15 is 0 Å². The van der Waals surface area contributed by atoms with Crippen molar-refractivity contribution in [3.63, 3.8) is 0 Å². The molecule has 0 fully saturated rings. The molecule has 5 nitrogen and oxygen atoms in total. The summed E-state index contributed by atoms with van der Waals surface area (Å²) in [6.45, 7) is 0. The van der Waals surface area contributed by atoms with Crippen LogP contribution < -0.4 is 5.56 Å². The van der Waals surface area contributed by atoms with E-state index < -0.39 is 0 Å². The molecular formula is C19H12N4O. The molecule has 24 heavy (non-hydrogen) atoms. The van der Waals surface area contributed by atoms with E-state index in [-0.39, 0.29) is 5.56 Å². The first-order valence-corrected chi connectivity index (χ1v) is 7.66. The van der Waals surface area contributed by atoms with E-state index in [1.165, 1.54) is 0 Å². The van der Waals surface area contributed by atoms with Gasteiger partial charge in [-0.05, 0) is 36.4 Å². The summed E-state index contributed by atoms with van der Waals surface area (Å²) in [5.74, 6) is 0.591. The molecule has 3 aromatic heterocycles. The summed E-state index contributed by atoms with van der Waals surface area (Å²) in [6.07, 6.45) is 3.50. The fourth-order valence-electron chi connectivity index (χ4n) is 3.18. The first-order chi connectivity index (χ1) is 11.8. The molecule has 0 N–H and O–H groups in total. The number of hydrogen-bond acceptors (Lipinski definition) is 3. The lowest BCUT2D eigenvalue weighted by atomic mass is 10.2. The molecule has 2 aromatic carbocycles. The van der Waals surface area contributed by atoms with Gasteiger partial charge in [0, 0.05) is 6.20 Å². The largest absolute Gasteiger partial charge is 0.277 e. The van der Waals surface area contributed by atoms with Crippen LogP contribution in [0, 0.1) is 0 Å². The van der Waals surface area contributed by atoms with Crippen LogP contribution in [0.2, 0.25) is 0 Å². The Labute approximate surface area is 136 Å². The first kappa shape index (κ1) is 13.0. The molecule has 5 rings (SSSR count). The van der Waals surface area contributed by atoms with Gasteiger partial charge >= 0.3 is 0 Å². The van der Waals surface area contributed by atoms with Crippen molar-refractivity contribution in [3.8, 4) is 5.69 Å². The van der Waals surface area contributed by atoms with Crippen LogP contribution in [0.1, 0.15) is 0 Å². The smallest absolute Gasteiger partial charge is 0.267 e. The van der Waals surface area contributed by atoms with Crippen molar-refractivity contribution in [2.45, 2.75) is 0 Å². The highest BCUT2D eigenvalue weighted by atomic mass is 16.1. The van der Waals surface area contributed by atoms with Gasteiger partial charge < -0.3 is 0 Å². The summed E-state index contributed by atoms with van der Waals surface area (Å²) in [7, 11) is 0. The van der Waals surface area contributed by atoms with Crippen LogP contribution in [0.4, 0.5) is 0 Å². The number of nitrogens with zero attached hydrogens (tertiary/aromatic N) is 4. The van der Waals surface area contributed by atoms with Gasteiger partial charge in [-0.25, -0.2) is 9.38 Å². The summed E-state index contributed by atoms with van der Waals surface area (Å²) in [6, 6.07) is 19.1. The number of pyridine rings is 1. The molecule has 0 bridgehead atoms. The molecule has 0 aliphatic rings. The molecule has 0 saturated carbocycles. The van der Waals surface area contributed by atoms with Gasteiger partial charge in [0.15, 0.2) is 0 Å². The number of imidazole rings is 1. The quantitative estimate of drug-likeness (QED) is 0.478. The lowest BCUT2D eigenvalue weighted by molar-refractivity contribution is 1.04. The number of aromatic nitrogens is 4. The molecule has 0 aliphatic carbocycles. The minimum absolute atomic E-state index is 0.0607. The summed E-state index contributed by atoms with van der Waals surface area (Å²) < 4.78 is 3.64. The maximum atomic E-state index is 13.0. The molecule has 0 unspecified atom stereocenters. The summed E-state index contributed by atoms with van der Waals surface area (Å²) in [5.41, 5.74) is 3.26. The molecule has 5 heteroatoms. The Balaban J connectivity index is 2.10. The third-order valence-corrected chi connectivity index (χ3v) is 4.23. The van der Waals surface area contributed by atoms with Gasteiger partial charge in [-0.1, -0.05) is 24.3 Å². The SMILES string of the molecule is O=c1c2ccccc2nc2n(-c3cccnc3)c3ccccc3n12. The van der Waals surface area contributed by atoms with Crippen LogP contribution in [-0.4, -0.2) is 18.9 Å². The van der Waals surface area contributed by atoms with Crippen LogP contribution in [0.3, 0.4) is 0 Å². The van der Waals surface area contributed by atoms with Crippen molar-refractivity contribution in [3.05, 3.63) is 83.4 Å². The van der Waals surface area contributed by atoms with E-state index in [2.05, 4.69) is 4.98 Å². The van der Waals surface area contributed by atoms with Gasteiger partial charge in [-0.3, -0.25) is 14.3 Å². The second kappa shape index (κ2) is 4.76. The standard InChI is InChI=1S/C19H12N4O/c24-18-14-7-1-2-8-15(14)21-19-22(13-6-5-11-20-12-13)16-9-3-4-10-17(16)23(18)19/h1-12H. The summed E-state index contributed by atoms with van der Waals surface area (Å²) in [5, 5.41) is 0.615. The minimum Gasteiger partial charge on any atom is -0.277 e. The topological polar surface area (TPSA) is 52.2 Å². The van der Waals surface area contributed by atoms with Gasteiger partial charge in [0.05, 0.1) is 33.8 Å². The Morgan fingerprint density at radius 2 is 1.62 bits per heavy atom. The van der Waals surface area contributed by atoms with Gasteiger partial charge in [0.1, 0.15) is 0 Å².